The van der Waals surface area contributed by atoms with Crippen molar-refractivity contribution in [3.8, 4) is 0 Å². The summed E-state index contributed by atoms with van der Waals surface area (Å²) < 4.78 is 4.36. The summed E-state index contributed by atoms with van der Waals surface area (Å²) in [7, 11) is 0. The van der Waals surface area contributed by atoms with Crippen molar-refractivity contribution in [2.45, 2.75) is 37.1 Å². The highest BCUT2D eigenvalue weighted by molar-refractivity contribution is 5.89. The summed E-state index contributed by atoms with van der Waals surface area (Å²) in [6, 6.07) is -1.13. The van der Waals surface area contributed by atoms with E-state index in [1.165, 1.54) is 0 Å². The van der Waals surface area contributed by atoms with Crippen molar-refractivity contribution in [2.24, 2.45) is 5.73 Å². The second-order valence-corrected chi connectivity index (χ2v) is 5.04. The third kappa shape index (κ3) is 6.03. The van der Waals surface area contributed by atoms with Gasteiger partial charge in [0.1, 0.15) is 12.1 Å². The van der Waals surface area contributed by atoms with Crippen LogP contribution >= 0.6 is 0 Å². The van der Waals surface area contributed by atoms with Gasteiger partial charge in [-0.25, -0.2) is 4.79 Å². The molecule has 0 aromatic carbocycles. The number of nitrogens with one attached hydrogen (secondary N) is 2. The molecule has 2 heterocycles. The molecule has 2 unspecified atom stereocenters. The average Bonchev–Trinajstić information content (AvgIpc) is 3.08. The van der Waals surface area contributed by atoms with Gasteiger partial charge in [-0.1, -0.05) is 0 Å². The van der Waals surface area contributed by atoms with Crippen LogP contribution in [0.15, 0.2) is 0 Å². The van der Waals surface area contributed by atoms with Gasteiger partial charge in [-0.05, 0) is 0 Å². The Kier molecular flexibility index (Phi) is 7.35. The number of esters is 2. The van der Waals surface area contributed by atoms with Crippen molar-refractivity contribution < 1.29 is 34.4 Å². The summed E-state index contributed by atoms with van der Waals surface area (Å²) in [5.41, 5.74) is 4.95. The Bertz CT molecular complexity index is 418. The quantitative estimate of drug-likeness (QED) is 0.227. The van der Waals surface area contributed by atoms with Crippen LogP contribution in [-0.2, 0) is 19.1 Å². The van der Waals surface area contributed by atoms with Gasteiger partial charge < -0.3 is 36.4 Å². The molecule has 0 aliphatic carbocycles. The number of carbonyl (C=O) groups excluding carboxylic acids is 2. The summed E-state index contributed by atoms with van der Waals surface area (Å²) in [6.07, 6.45) is -0.428. The molecule has 0 aromatic heterocycles. The van der Waals surface area contributed by atoms with Crippen molar-refractivity contribution in [1.29, 1.82) is 0 Å². The Morgan fingerprint density at radius 1 is 1.05 bits per heavy atom. The number of nitrogens with two attached hydrogens (primary N) is 1. The molecule has 0 saturated carbocycles. The summed E-state index contributed by atoms with van der Waals surface area (Å²) in [5.74, 6) is -2.31. The molecule has 126 valence electrons. The Hall–Kier alpha value is -1.59. The predicted octanol–water partition coefficient (Wildman–Crippen LogP) is -3.47. The van der Waals surface area contributed by atoms with Crippen molar-refractivity contribution in [3.05, 3.63) is 0 Å². The number of aliphatic carboxylic acids is 1. The Morgan fingerprint density at radius 3 is 1.86 bits per heavy atom. The number of rotatable bonds is 3. The third-order valence-corrected chi connectivity index (χ3v) is 3.18. The number of aliphatic hydroxyl groups excluding tert-OH is 2. The van der Waals surface area contributed by atoms with Gasteiger partial charge in [0.25, 0.3) is 0 Å². The number of carboxylic acid groups (broad SMARTS) is 1. The SMILES string of the molecule is NCC(=O)OC(=O)[C@@H]1CC(O)CN1.O=C(O)[C@@H]1CC(O)CN1. The van der Waals surface area contributed by atoms with E-state index in [1.807, 2.05) is 0 Å². The van der Waals surface area contributed by atoms with Gasteiger partial charge in [0.15, 0.2) is 0 Å². The van der Waals surface area contributed by atoms with E-state index >= 15 is 0 Å². The van der Waals surface area contributed by atoms with Gasteiger partial charge in [0.2, 0.25) is 0 Å². The molecule has 2 saturated heterocycles. The lowest BCUT2D eigenvalue weighted by Crippen LogP contribution is -2.35. The highest BCUT2D eigenvalue weighted by Crippen LogP contribution is 2.07. The van der Waals surface area contributed by atoms with Crippen LogP contribution in [0.25, 0.3) is 0 Å². The van der Waals surface area contributed by atoms with Crippen molar-refractivity contribution in [1.82, 2.24) is 10.6 Å². The maximum Gasteiger partial charge on any atom is 0.330 e. The number of ether oxygens (including phenoxy) is 1. The van der Waals surface area contributed by atoms with E-state index < -0.39 is 42.2 Å². The van der Waals surface area contributed by atoms with Crippen LogP contribution in [-0.4, -0.2) is 77.2 Å². The number of aliphatic hydroxyl groups is 2. The van der Waals surface area contributed by atoms with Gasteiger partial charge in [-0.2, -0.15) is 0 Å². The molecule has 2 aliphatic heterocycles. The molecule has 2 rings (SSSR count). The summed E-state index contributed by atoms with van der Waals surface area (Å²) in [4.78, 5) is 31.9. The molecule has 10 nitrogen and oxygen atoms in total. The van der Waals surface area contributed by atoms with E-state index in [1.54, 1.807) is 0 Å². The summed E-state index contributed by atoms with van der Waals surface area (Å²) in [5, 5.41) is 31.6. The molecule has 2 fully saturated rings. The first-order valence-electron chi connectivity index (χ1n) is 6.83. The number of hydrogen-bond acceptors (Lipinski definition) is 9. The van der Waals surface area contributed by atoms with Crippen LogP contribution in [0.3, 0.4) is 0 Å². The van der Waals surface area contributed by atoms with E-state index in [-0.39, 0.29) is 13.0 Å². The molecule has 4 atom stereocenters. The fourth-order valence-corrected chi connectivity index (χ4v) is 2.03. The molecule has 0 radical (unpaired) electrons. The van der Waals surface area contributed by atoms with Crippen LogP contribution in [0.1, 0.15) is 12.8 Å². The first-order chi connectivity index (χ1) is 10.3. The van der Waals surface area contributed by atoms with Gasteiger partial charge in [-0.15, -0.1) is 0 Å². The van der Waals surface area contributed by atoms with Crippen LogP contribution in [0.2, 0.25) is 0 Å². The van der Waals surface area contributed by atoms with E-state index in [0.717, 1.165) is 0 Å². The third-order valence-electron chi connectivity index (χ3n) is 3.18. The lowest BCUT2D eigenvalue weighted by atomic mass is 10.2. The zero-order valence-electron chi connectivity index (χ0n) is 11.9. The van der Waals surface area contributed by atoms with E-state index in [9.17, 15) is 14.4 Å². The van der Waals surface area contributed by atoms with Gasteiger partial charge in [-0.3, -0.25) is 9.59 Å². The fraction of sp³-hybridized carbons (Fsp3) is 0.750. The summed E-state index contributed by atoms with van der Waals surface area (Å²) in [6.45, 7) is 0.425. The van der Waals surface area contributed by atoms with Gasteiger partial charge in [0, 0.05) is 25.9 Å². The van der Waals surface area contributed by atoms with E-state index in [4.69, 9.17) is 21.1 Å². The molecule has 7 N–H and O–H groups in total. The minimum atomic E-state index is -0.883. The Labute approximate surface area is 126 Å². The average molecular weight is 319 g/mol. The zero-order valence-corrected chi connectivity index (χ0v) is 11.9. The minimum Gasteiger partial charge on any atom is -0.480 e. The van der Waals surface area contributed by atoms with Crippen LogP contribution < -0.4 is 16.4 Å². The molecule has 0 bridgehead atoms. The molecule has 0 amide bonds. The molecular formula is C12H21N3O7. The van der Waals surface area contributed by atoms with Crippen molar-refractivity contribution in [2.75, 3.05) is 19.6 Å². The number of β-amino-alcohol motifs (C(OH)–C–C–N with tert-alkyl or cyclic N) is 2. The topological polar surface area (TPSA) is 171 Å². The summed E-state index contributed by atoms with van der Waals surface area (Å²) >= 11 is 0. The first-order valence-corrected chi connectivity index (χ1v) is 6.83. The normalized spacial score (nSPS) is 30.3. The van der Waals surface area contributed by atoms with Gasteiger partial charge in [0.05, 0.1) is 18.8 Å². The van der Waals surface area contributed by atoms with E-state index in [0.29, 0.717) is 19.5 Å². The van der Waals surface area contributed by atoms with E-state index in [2.05, 4.69) is 15.4 Å². The number of carbonyl (C=O) groups is 3. The number of carboxylic acids is 1. The minimum absolute atomic E-state index is 0.274. The smallest absolute Gasteiger partial charge is 0.330 e. The van der Waals surface area contributed by atoms with Crippen molar-refractivity contribution in [3.63, 3.8) is 0 Å². The maximum atomic E-state index is 11.1. The monoisotopic (exact) mass is 319 g/mol. The molecule has 10 heteroatoms. The molecule has 0 aromatic rings. The molecule has 0 spiro atoms. The highest BCUT2D eigenvalue weighted by atomic mass is 16.6. The second kappa shape index (κ2) is 8.76. The zero-order chi connectivity index (χ0) is 16.7. The fourth-order valence-electron chi connectivity index (χ4n) is 2.03. The molecule has 2 aliphatic rings. The van der Waals surface area contributed by atoms with Crippen LogP contribution in [0.4, 0.5) is 0 Å². The molecule has 22 heavy (non-hydrogen) atoms. The predicted molar refractivity (Wildman–Crippen MR) is 72.6 cm³/mol. The van der Waals surface area contributed by atoms with Crippen LogP contribution in [0.5, 0.6) is 0 Å². The lowest BCUT2D eigenvalue weighted by Gasteiger charge is -2.07. The van der Waals surface area contributed by atoms with Gasteiger partial charge >= 0.3 is 17.9 Å². The van der Waals surface area contributed by atoms with Crippen LogP contribution in [0, 0.1) is 0 Å². The largest absolute Gasteiger partial charge is 0.480 e. The maximum absolute atomic E-state index is 11.1. The standard InChI is InChI=1S/C7H12N2O4.C5H9NO3/c8-2-6(11)13-7(12)5-1-4(10)3-9-5;7-3-1-4(5(8)9)6-2-3/h4-5,9-10H,1-3,8H2;3-4,6-7H,1-2H2,(H,8,9)/t4?,5-;3?,4-/m00/s1. The van der Waals surface area contributed by atoms with Crippen molar-refractivity contribution >= 4 is 17.9 Å². The Morgan fingerprint density at radius 2 is 1.55 bits per heavy atom. The molecular weight excluding hydrogens is 298 g/mol. The number of hydrogen-bond donors (Lipinski definition) is 6. The first kappa shape index (κ1) is 18.5. The highest BCUT2D eigenvalue weighted by Gasteiger charge is 2.30. The Balaban J connectivity index is 0.000000235. The lowest BCUT2D eigenvalue weighted by molar-refractivity contribution is -0.160. The second-order valence-electron chi connectivity index (χ2n) is 5.04.